The summed E-state index contributed by atoms with van der Waals surface area (Å²) in [4.78, 5) is 0. The van der Waals surface area contributed by atoms with E-state index in [0.29, 0.717) is 26.1 Å². The van der Waals surface area contributed by atoms with Crippen LogP contribution in [-0.4, -0.2) is 44.3 Å². The van der Waals surface area contributed by atoms with Crippen molar-refractivity contribution in [2.45, 2.75) is 19.0 Å². The summed E-state index contributed by atoms with van der Waals surface area (Å²) in [5.74, 6) is 0. The molecule has 1 rings (SSSR count). The van der Waals surface area contributed by atoms with Gasteiger partial charge >= 0.3 is 6.18 Å². The molecule has 0 spiro atoms. The first kappa shape index (κ1) is 12.7. The van der Waals surface area contributed by atoms with Crippen molar-refractivity contribution in [3.63, 3.8) is 0 Å². The van der Waals surface area contributed by atoms with Gasteiger partial charge in [0.2, 0.25) is 0 Å². The zero-order valence-electron chi connectivity index (χ0n) is 8.35. The SMILES string of the molecule is OCC1(CCOCC(F)(F)F)CCOC1. The summed E-state index contributed by atoms with van der Waals surface area (Å²) in [6.45, 7) is -0.333. The van der Waals surface area contributed by atoms with E-state index in [2.05, 4.69) is 4.74 Å². The van der Waals surface area contributed by atoms with Crippen molar-refractivity contribution < 1.29 is 27.8 Å². The van der Waals surface area contributed by atoms with Crippen molar-refractivity contribution >= 4 is 0 Å². The second-order valence-electron chi connectivity index (χ2n) is 3.88. The summed E-state index contributed by atoms with van der Waals surface area (Å²) in [5, 5.41) is 9.12. The molecule has 0 aromatic carbocycles. The first-order valence-corrected chi connectivity index (χ1v) is 4.81. The molecule has 6 heteroatoms. The van der Waals surface area contributed by atoms with Gasteiger partial charge in [-0.25, -0.2) is 0 Å². The molecule has 1 aliphatic heterocycles. The van der Waals surface area contributed by atoms with Gasteiger partial charge in [0.25, 0.3) is 0 Å². The molecule has 1 unspecified atom stereocenters. The Kier molecular flexibility index (Phi) is 4.36. The summed E-state index contributed by atoms with van der Waals surface area (Å²) in [7, 11) is 0. The van der Waals surface area contributed by atoms with Crippen LogP contribution in [0.1, 0.15) is 12.8 Å². The molecule has 0 bridgehead atoms. The van der Waals surface area contributed by atoms with Gasteiger partial charge in [0.05, 0.1) is 13.2 Å². The van der Waals surface area contributed by atoms with E-state index in [1.807, 2.05) is 0 Å². The number of alkyl halides is 3. The molecule has 1 N–H and O–H groups in total. The fourth-order valence-corrected chi connectivity index (χ4v) is 1.53. The van der Waals surface area contributed by atoms with Crippen LogP contribution in [0.25, 0.3) is 0 Å². The normalized spacial score (nSPS) is 27.2. The van der Waals surface area contributed by atoms with Crippen molar-refractivity contribution in [1.29, 1.82) is 0 Å². The van der Waals surface area contributed by atoms with Crippen LogP contribution in [0.2, 0.25) is 0 Å². The van der Waals surface area contributed by atoms with Crippen LogP contribution in [0.3, 0.4) is 0 Å². The van der Waals surface area contributed by atoms with E-state index in [1.54, 1.807) is 0 Å². The number of hydrogen-bond donors (Lipinski definition) is 1. The van der Waals surface area contributed by atoms with Crippen LogP contribution in [0.5, 0.6) is 0 Å². The largest absolute Gasteiger partial charge is 0.411 e. The third-order valence-corrected chi connectivity index (χ3v) is 2.56. The van der Waals surface area contributed by atoms with Gasteiger partial charge in [-0.3, -0.25) is 0 Å². The van der Waals surface area contributed by atoms with Gasteiger partial charge in [-0.05, 0) is 12.8 Å². The quantitative estimate of drug-likeness (QED) is 0.722. The monoisotopic (exact) mass is 228 g/mol. The summed E-state index contributed by atoms with van der Waals surface area (Å²) in [6.07, 6.45) is -3.20. The maximum atomic E-state index is 11.7. The maximum Gasteiger partial charge on any atom is 0.411 e. The lowest BCUT2D eigenvalue weighted by atomic mass is 9.85. The van der Waals surface area contributed by atoms with Crippen LogP contribution >= 0.6 is 0 Å². The second-order valence-corrected chi connectivity index (χ2v) is 3.88. The summed E-state index contributed by atoms with van der Waals surface area (Å²) in [5.41, 5.74) is -0.397. The van der Waals surface area contributed by atoms with Gasteiger partial charge in [0.1, 0.15) is 6.61 Å². The number of aliphatic hydroxyl groups is 1. The van der Waals surface area contributed by atoms with Gasteiger partial charge < -0.3 is 14.6 Å². The molecule has 3 nitrogen and oxygen atoms in total. The molecule has 1 aliphatic rings. The van der Waals surface area contributed by atoms with Crippen LogP contribution in [-0.2, 0) is 9.47 Å². The Morgan fingerprint density at radius 2 is 2.13 bits per heavy atom. The van der Waals surface area contributed by atoms with Gasteiger partial charge in [-0.2, -0.15) is 13.2 Å². The van der Waals surface area contributed by atoms with Crippen LogP contribution < -0.4 is 0 Å². The molecule has 0 saturated carbocycles. The minimum Gasteiger partial charge on any atom is -0.396 e. The minimum atomic E-state index is -4.28. The fraction of sp³-hybridized carbons (Fsp3) is 1.00. The lowest BCUT2D eigenvalue weighted by molar-refractivity contribution is -0.175. The molecule has 0 aromatic rings. The van der Waals surface area contributed by atoms with Crippen LogP contribution in [0, 0.1) is 5.41 Å². The van der Waals surface area contributed by atoms with E-state index < -0.39 is 18.2 Å². The van der Waals surface area contributed by atoms with Gasteiger partial charge in [-0.15, -0.1) is 0 Å². The third-order valence-electron chi connectivity index (χ3n) is 2.56. The molecule has 1 fully saturated rings. The van der Waals surface area contributed by atoms with Gasteiger partial charge in [0.15, 0.2) is 0 Å². The Hall–Kier alpha value is -0.330. The van der Waals surface area contributed by atoms with Crippen LogP contribution in [0.4, 0.5) is 13.2 Å². The zero-order valence-corrected chi connectivity index (χ0v) is 8.35. The number of halogens is 3. The van der Waals surface area contributed by atoms with Crippen LogP contribution in [0.15, 0.2) is 0 Å². The summed E-state index contributed by atoms with van der Waals surface area (Å²) < 4.78 is 44.8. The summed E-state index contributed by atoms with van der Waals surface area (Å²) >= 11 is 0. The molecular formula is C9H15F3O3. The Labute approximate surface area is 86.2 Å². The molecule has 15 heavy (non-hydrogen) atoms. The first-order valence-electron chi connectivity index (χ1n) is 4.81. The van der Waals surface area contributed by atoms with Crippen molar-refractivity contribution in [3.05, 3.63) is 0 Å². The highest BCUT2D eigenvalue weighted by molar-refractivity contribution is 4.82. The fourth-order valence-electron chi connectivity index (χ4n) is 1.53. The minimum absolute atomic E-state index is 0.00340. The molecule has 0 aromatic heterocycles. The lowest BCUT2D eigenvalue weighted by Gasteiger charge is -2.24. The third kappa shape index (κ3) is 4.36. The standard InChI is InChI=1S/C9H15F3O3/c10-9(11,12)7-15-4-2-8(5-13)1-3-14-6-8/h13H,1-7H2. The van der Waals surface area contributed by atoms with E-state index in [-0.39, 0.29) is 13.2 Å². The topological polar surface area (TPSA) is 38.7 Å². The number of rotatable bonds is 5. The molecular weight excluding hydrogens is 213 g/mol. The molecule has 1 atom stereocenters. The molecule has 1 saturated heterocycles. The molecule has 0 radical (unpaired) electrons. The van der Waals surface area contributed by atoms with Gasteiger partial charge in [-0.1, -0.05) is 0 Å². The highest BCUT2D eigenvalue weighted by atomic mass is 19.4. The number of aliphatic hydroxyl groups excluding tert-OH is 1. The van der Waals surface area contributed by atoms with E-state index in [1.165, 1.54) is 0 Å². The van der Waals surface area contributed by atoms with Gasteiger partial charge in [0, 0.05) is 18.6 Å². The molecule has 0 amide bonds. The first-order chi connectivity index (χ1) is 6.97. The Morgan fingerprint density at radius 3 is 2.60 bits per heavy atom. The lowest BCUT2D eigenvalue weighted by Crippen LogP contribution is -2.28. The van der Waals surface area contributed by atoms with E-state index in [0.717, 1.165) is 0 Å². The number of hydrogen-bond acceptors (Lipinski definition) is 3. The smallest absolute Gasteiger partial charge is 0.396 e. The highest BCUT2D eigenvalue weighted by Gasteiger charge is 2.34. The van der Waals surface area contributed by atoms with E-state index in [4.69, 9.17) is 9.84 Å². The van der Waals surface area contributed by atoms with Crippen molar-refractivity contribution in [3.8, 4) is 0 Å². The highest BCUT2D eigenvalue weighted by Crippen LogP contribution is 2.31. The average Bonchev–Trinajstić information content (AvgIpc) is 2.60. The van der Waals surface area contributed by atoms with Crippen molar-refractivity contribution in [1.82, 2.24) is 0 Å². The van der Waals surface area contributed by atoms with E-state index in [9.17, 15) is 13.2 Å². The maximum absolute atomic E-state index is 11.7. The molecule has 1 heterocycles. The molecule has 90 valence electrons. The summed E-state index contributed by atoms with van der Waals surface area (Å²) in [6, 6.07) is 0. The van der Waals surface area contributed by atoms with Crippen molar-refractivity contribution in [2.24, 2.45) is 5.41 Å². The Morgan fingerprint density at radius 1 is 1.40 bits per heavy atom. The Balaban J connectivity index is 2.18. The predicted octanol–water partition coefficient (Wildman–Crippen LogP) is 1.35. The molecule has 0 aliphatic carbocycles. The van der Waals surface area contributed by atoms with Crippen molar-refractivity contribution in [2.75, 3.05) is 33.0 Å². The predicted molar refractivity (Wildman–Crippen MR) is 46.4 cm³/mol. The number of ether oxygens (including phenoxy) is 2. The Bertz CT molecular complexity index is 188. The average molecular weight is 228 g/mol. The zero-order chi connectivity index (χ0) is 11.4. The van der Waals surface area contributed by atoms with E-state index >= 15 is 0 Å². The second kappa shape index (κ2) is 5.14.